The quantitative estimate of drug-likeness (QED) is 0.697. The van der Waals surface area contributed by atoms with Crippen LogP contribution in [0, 0.1) is 0 Å². The molecule has 3 rings (SSSR count). The second kappa shape index (κ2) is 8.68. The van der Waals surface area contributed by atoms with E-state index in [1.807, 2.05) is 13.0 Å². The van der Waals surface area contributed by atoms with E-state index in [1.165, 1.54) is 0 Å². The monoisotopic (exact) mass is 396 g/mol. The number of sulfonamides is 1. The van der Waals surface area contributed by atoms with Gasteiger partial charge in [-0.2, -0.15) is 4.31 Å². The van der Waals surface area contributed by atoms with Gasteiger partial charge < -0.3 is 14.4 Å². The Kier molecular flexibility index (Phi) is 6.52. The Labute approximate surface area is 161 Å². The van der Waals surface area contributed by atoms with Crippen molar-refractivity contribution in [3.8, 4) is 0 Å². The standard InChI is InChI=1S/C19H28N2O5S/c1-3-26-14-19(22)20-10-8-15-11-18(7-6-16(15)12-20)27(23,24)21-9-4-5-17(21)13-25-2/h6-7,11,17H,3-5,8-10,12-14H2,1-2H3/t17-/m1/s1. The van der Waals surface area contributed by atoms with Crippen LogP contribution in [0.4, 0.5) is 0 Å². The minimum absolute atomic E-state index is 0.0290. The molecule has 2 aliphatic rings. The van der Waals surface area contributed by atoms with Crippen molar-refractivity contribution in [2.75, 3.05) is 40.0 Å². The van der Waals surface area contributed by atoms with Gasteiger partial charge in [-0.1, -0.05) is 6.07 Å². The largest absolute Gasteiger partial charge is 0.383 e. The summed E-state index contributed by atoms with van der Waals surface area (Å²) < 4.78 is 38.1. The van der Waals surface area contributed by atoms with Crippen LogP contribution in [0.5, 0.6) is 0 Å². The van der Waals surface area contributed by atoms with Gasteiger partial charge >= 0.3 is 0 Å². The molecule has 0 N–H and O–H groups in total. The average Bonchev–Trinajstić information content (AvgIpc) is 3.14. The molecule has 1 amide bonds. The number of fused-ring (bicyclic) bond motifs is 1. The maximum atomic E-state index is 13.1. The Balaban J connectivity index is 1.76. The highest BCUT2D eigenvalue weighted by Gasteiger charge is 2.35. The van der Waals surface area contributed by atoms with Crippen molar-refractivity contribution in [3.63, 3.8) is 0 Å². The number of ether oxygens (including phenoxy) is 2. The Morgan fingerprint density at radius 2 is 2.07 bits per heavy atom. The van der Waals surface area contributed by atoms with E-state index >= 15 is 0 Å². The van der Waals surface area contributed by atoms with E-state index in [4.69, 9.17) is 9.47 Å². The zero-order chi connectivity index (χ0) is 19.4. The summed E-state index contributed by atoms with van der Waals surface area (Å²) in [6.45, 7) is 4.49. The molecule has 0 unspecified atom stereocenters. The fourth-order valence-electron chi connectivity index (χ4n) is 3.80. The number of benzene rings is 1. The molecule has 2 heterocycles. The van der Waals surface area contributed by atoms with E-state index in [0.29, 0.717) is 44.2 Å². The minimum Gasteiger partial charge on any atom is -0.383 e. The smallest absolute Gasteiger partial charge is 0.248 e. The molecule has 1 aromatic carbocycles. The highest BCUT2D eigenvalue weighted by atomic mass is 32.2. The van der Waals surface area contributed by atoms with Crippen molar-refractivity contribution in [2.24, 2.45) is 0 Å². The highest BCUT2D eigenvalue weighted by Crippen LogP contribution is 2.29. The fraction of sp³-hybridized carbons (Fsp3) is 0.632. The number of nitrogens with zero attached hydrogens (tertiary/aromatic N) is 2. The predicted molar refractivity (Wildman–Crippen MR) is 101 cm³/mol. The molecule has 0 aliphatic carbocycles. The molecule has 7 nitrogen and oxygen atoms in total. The normalized spacial score (nSPS) is 20.7. The second-order valence-corrected chi connectivity index (χ2v) is 8.89. The van der Waals surface area contributed by atoms with Crippen LogP contribution < -0.4 is 0 Å². The van der Waals surface area contributed by atoms with Crippen molar-refractivity contribution in [2.45, 2.75) is 43.7 Å². The second-order valence-electron chi connectivity index (χ2n) is 7.00. The lowest BCUT2D eigenvalue weighted by atomic mass is 10.00. The predicted octanol–water partition coefficient (Wildman–Crippen LogP) is 1.41. The lowest BCUT2D eigenvalue weighted by molar-refractivity contribution is -0.136. The van der Waals surface area contributed by atoms with Crippen LogP contribution in [0.3, 0.4) is 0 Å². The van der Waals surface area contributed by atoms with E-state index in [9.17, 15) is 13.2 Å². The van der Waals surface area contributed by atoms with Crippen molar-refractivity contribution in [1.29, 1.82) is 0 Å². The third kappa shape index (κ3) is 4.34. The summed E-state index contributed by atoms with van der Waals surface area (Å²) in [6.07, 6.45) is 2.34. The summed E-state index contributed by atoms with van der Waals surface area (Å²) in [6, 6.07) is 5.18. The zero-order valence-electron chi connectivity index (χ0n) is 16.0. The topological polar surface area (TPSA) is 76.2 Å². The molecule has 0 radical (unpaired) electrons. The summed E-state index contributed by atoms with van der Waals surface area (Å²) in [5.74, 6) is -0.0290. The first-order valence-electron chi connectivity index (χ1n) is 9.45. The Morgan fingerprint density at radius 3 is 2.81 bits per heavy atom. The first kappa shape index (κ1) is 20.3. The number of methoxy groups -OCH3 is 1. The molecule has 8 heteroatoms. The molecule has 1 aromatic rings. The lowest BCUT2D eigenvalue weighted by Gasteiger charge is -2.30. The summed E-state index contributed by atoms with van der Waals surface area (Å²) in [5, 5.41) is 0. The van der Waals surface area contributed by atoms with E-state index in [0.717, 1.165) is 24.0 Å². The van der Waals surface area contributed by atoms with Crippen LogP contribution in [-0.4, -0.2) is 69.6 Å². The van der Waals surface area contributed by atoms with E-state index in [1.54, 1.807) is 28.4 Å². The third-order valence-electron chi connectivity index (χ3n) is 5.26. The summed E-state index contributed by atoms with van der Waals surface area (Å²) >= 11 is 0. The molecule has 0 bridgehead atoms. The third-order valence-corrected chi connectivity index (χ3v) is 7.21. The van der Waals surface area contributed by atoms with Crippen LogP contribution in [0.1, 0.15) is 30.9 Å². The van der Waals surface area contributed by atoms with Gasteiger partial charge in [-0.3, -0.25) is 4.79 Å². The van der Waals surface area contributed by atoms with Crippen molar-refractivity contribution in [3.05, 3.63) is 29.3 Å². The van der Waals surface area contributed by atoms with Gasteiger partial charge in [-0.15, -0.1) is 0 Å². The number of amides is 1. The van der Waals surface area contributed by atoms with Gasteiger partial charge in [0.05, 0.1) is 11.5 Å². The van der Waals surface area contributed by atoms with Gasteiger partial charge in [0.2, 0.25) is 15.9 Å². The van der Waals surface area contributed by atoms with Crippen LogP contribution in [0.25, 0.3) is 0 Å². The van der Waals surface area contributed by atoms with E-state index < -0.39 is 10.0 Å². The van der Waals surface area contributed by atoms with Crippen molar-refractivity contribution >= 4 is 15.9 Å². The number of hydrogen-bond acceptors (Lipinski definition) is 5. The Bertz CT molecular complexity index is 780. The van der Waals surface area contributed by atoms with Crippen LogP contribution >= 0.6 is 0 Å². The minimum atomic E-state index is -3.53. The number of carbonyl (C=O) groups is 1. The van der Waals surface area contributed by atoms with Gasteiger partial charge in [-0.05, 0) is 49.4 Å². The molecule has 27 heavy (non-hydrogen) atoms. The summed E-state index contributed by atoms with van der Waals surface area (Å²) in [7, 11) is -1.93. The molecular weight excluding hydrogens is 368 g/mol. The maximum absolute atomic E-state index is 13.1. The van der Waals surface area contributed by atoms with Gasteiger partial charge in [0.1, 0.15) is 6.61 Å². The molecule has 1 saturated heterocycles. The van der Waals surface area contributed by atoms with Crippen LogP contribution in [-0.2, 0) is 37.3 Å². The van der Waals surface area contributed by atoms with Gasteiger partial charge in [0.25, 0.3) is 0 Å². The fourth-order valence-corrected chi connectivity index (χ4v) is 5.53. The van der Waals surface area contributed by atoms with Crippen molar-refractivity contribution < 1.29 is 22.7 Å². The number of carbonyl (C=O) groups excluding carboxylic acids is 1. The zero-order valence-corrected chi connectivity index (χ0v) is 16.8. The first-order chi connectivity index (χ1) is 13.0. The van der Waals surface area contributed by atoms with E-state index in [2.05, 4.69) is 0 Å². The molecule has 150 valence electrons. The van der Waals surface area contributed by atoms with Gasteiger partial charge in [-0.25, -0.2) is 8.42 Å². The molecule has 0 aromatic heterocycles. The average molecular weight is 397 g/mol. The van der Waals surface area contributed by atoms with Crippen LogP contribution in [0.2, 0.25) is 0 Å². The van der Waals surface area contributed by atoms with Crippen LogP contribution in [0.15, 0.2) is 23.1 Å². The van der Waals surface area contributed by atoms with E-state index in [-0.39, 0.29) is 18.6 Å². The molecule has 1 fully saturated rings. The highest BCUT2D eigenvalue weighted by molar-refractivity contribution is 7.89. The molecule has 0 saturated carbocycles. The first-order valence-corrected chi connectivity index (χ1v) is 10.9. The SMILES string of the molecule is CCOCC(=O)N1CCc2cc(S(=O)(=O)N3CCC[C@@H]3COC)ccc2C1. The molecule has 1 atom stereocenters. The summed E-state index contributed by atoms with van der Waals surface area (Å²) in [4.78, 5) is 14.2. The van der Waals surface area contributed by atoms with Gasteiger partial charge in [0.15, 0.2) is 0 Å². The Morgan fingerprint density at radius 1 is 1.26 bits per heavy atom. The Hall–Kier alpha value is -1.48. The lowest BCUT2D eigenvalue weighted by Crippen LogP contribution is -2.39. The number of rotatable bonds is 7. The van der Waals surface area contributed by atoms with Crippen molar-refractivity contribution in [1.82, 2.24) is 9.21 Å². The molecule has 0 spiro atoms. The van der Waals surface area contributed by atoms with Gasteiger partial charge in [0, 0.05) is 39.4 Å². The molecule has 2 aliphatic heterocycles. The molecular formula is C19H28N2O5S. The maximum Gasteiger partial charge on any atom is 0.248 e. The number of hydrogen-bond donors (Lipinski definition) is 0. The summed E-state index contributed by atoms with van der Waals surface area (Å²) in [5.41, 5.74) is 2.00.